The van der Waals surface area contributed by atoms with Crippen molar-refractivity contribution in [3.05, 3.63) is 18.0 Å². The number of ether oxygens (including phenoxy) is 1. The van der Waals surface area contributed by atoms with Crippen LogP contribution in [0.1, 0.15) is 44.0 Å². The van der Waals surface area contributed by atoms with Crippen LogP contribution in [0, 0.1) is 0 Å². The van der Waals surface area contributed by atoms with Gasteiger partial charge in [0.15, 0.2) is 0 Å². The highest BCUT2D eigenvalue weighted by molar-refractivity contribution is 5.93. The molecule has 7 nitrogen and oxygen atoms in total. The van der Waals surface area contributed by atoms with Gasteiger partial charge in [0.05, 0.1) is 24.4 Å². The van der Waals surface area contributed by atoms with Crippen LogP contribution < -0.4 is 5.32 Å². The van der Waals surface area contributed by atoms with Gasteiger partial charge in [0.25, 0.3) is 5.91 Å². The number of hydrogen-bond donors (Lipinski definition) is 1. The van der Waals surface area contributed by atoms with E-state index in [1.165, 1.54) is 7.11 Å². The van der Waals surface area contributed by atoms with E-state index in [1.54, 1.807) is 22.0 Å². The minimum atomic E-state index is -0.309. The third-order valence-corrected chi connectivity index (χ3v) is 3.80. The van der Waals surface area contributed by atoms with Gasteiger partial charge in [0, 0.05) is 25.3 Å². The molecule has 0 saturated carbocycles. The summed E-state index contributed by atoms with van der Waals surface area (Å²) in [6, 6.07) is 0.0754. The molecule has 0 radical (unpaired) electrons. The quantitative estimate of drug-likeness (QED) is 0.900. The standard InChI is InChI=1S/C15H24N4O3/c1-15(2,3)19-10-11(9-16-19)13(20)17-12-5-7-18(8-6-12)14(21)22-4/h9-10,12H,5-8H2,1-4H3,(H,17,20). The average Bonchev–Trinajstić information content (AvgIpc) is 2.97. The zero-order chi connectivity index (χ0) is 16.3. The molecular formula is C15H24N4O3. The summed E-state index contributed by atoms with van der Waals surface area (Å²) >= 11 is 0. The third kappa shape index (κ3) is 3.78. The number of methoxy groups -OCH3 is 1. The minimum absolute atomic E-state index is 0.0754. The van der Waals surface area contributed by atoms with Crippen molar-refractivity contribution in [3.8, 4) is 0 Å². The molecule has 1 aliphatic rings. The average molecular weight is 308 g/mol. The summed E-state index contributed by atoms with van der Waals surface area (Å²) in [5, 5.41) is 7.24. The molecule has 1 fully saturated rings. The van der Waals surface area contributed by atoms with Gasteiger partial charge in [-0.15, -0.1) is 0 Å². The van der Waals surface area contributed by atoms with Crippen LogP contribution in [0.5, 0.6) is 0 Å². The zero-order valence-electron chi connectivity index (χ0n) is 13.6. The molecule has 0 unspecified atom stereocenters. The molecular weight excluding hydrogens is 284 g/mol. The van der Waals surface area contributed by atoms with Gasteiger partial charge < -0.3 is 15.0 Å². The van der Waals surface area contributed by atoms with Gasteiger partial charge >= 0.3 is 6.09 Å². The number of amides is 2. The minimum Gasteiger partial charge on any atom is -0.453 e. The molecule has 2 heterocycles. The molecule has 122 valence electrons. The molecule has 1 saturated heterocycles. The number of carbonyl (C=O) groups excluding carboxylic acids is 2. The molecule has 2 amide bonds. The molecule has 2 rings (SSSR count). The van der Waals surface area contributed by atoms with E-state index in [1.807, 2.05) is 20.8 Å². The molecule has 1 aromatic heterocycles. The van der Waals surface area contributed by atoms with E-state index < -0.39 is 0 Å². The van der Waals surface area contributed by atoms with E-state index in [9.17, 15) is 9.59 Å². The Morgan fingerprint density at radius 3 is 2.45 bits per heavy atom. The first-order valence-corrected chi connectivity index (χ1v) is 7.50. The third-order valence-electron chi connectivity index (χ3n) is 3.80. The van der Waals surface area contributed by atoms with Gasteiger partial charge in [0.2, 0.25) is 0 Å². The Balaban J connectivity index is 1.88. The Kier molecular flexibility index (Phi) is 4.73. The number of nitrogens with zero attached hydrogens (tertiary/aromatic N) is 3. The summed E-state index contributed by atoms with van der Waals surface area (Å²) in [5.74, 6) is -0.119. The molecule has 0 bridgehead atoms. The number of aromatic nitrogens is 2. The lowest BCUT2D eigenvalue weighted by molar-refractivity contribution is 0.0892. The second-order valence-electron chi connectivity index (χ2n) is 6.55. The topological polar surface area (TPSA) is 76.5 Å². The Hall–Kier alpha value is -2.05. The van der Waals surface area contributed by atoms with Crippen LogP contribution in [-0.2, 0) is 10.3 Å². The van der Waals surface area contributed by atoms with E-state index in [2.05, 4.69) is 10.4 Å². The van der Waals surface area contributed by atoms with Crippen LogP contribution in [0.4, 0.5) is 4.79 Å². The lowest BCUT2D eigenvalue weighted by Crippen LogP contribution is -2.46. The summed E-state index contributed by atoms with van der Waals surface area (Å²) in [4.78, 5) is 25.3. The van der Waals surface area contributed by atoms with E-state index in [4.69, 9.17) is 4.74 Å². The highest BCUT2D eigenvalue weighted by Crippen LogP contribution is 2.15. The number of likely N-dealkylation sites (tertiary alicyclic amines) is 1. The summed E-state index contributed by atoms with van der Waals surface area (Å²) in [6.07, 6.45) is 4.50. The maximum absolute atomic E-state index is 12.3. The van der Waals surface area contributed by atoms with Crippen molar-refractivity contribution in [1.82, 2.24) is 20.0 Å². The number of nitrogens with one attached hydrogen (secondary N) is 1. The second kappa shape index (κ2) is 6.37. The van der Waals surface area contributed by atoms with Gasteiger partial charge in [-0.1, -0.05) is 0 Å². The first-order chi connectivity index (χ1) is 10.3. The number of carbonyl (C=O) groups is 2. The largest absolute Gasteiger partial charge is 0.453 e. The van der Waals surface area contributed by atoms with Crippen LogP contribution in [0.2, 0.25) is 0 Å². The fourth-order valence-corrected chi connectivity index (χ4v) is 2.41. The van der Waals surface area contributed by atoms with E-state index in [0.29, 0.717) is 18.7 Å². The fraction of sp³-hybridized carbons (Fsp3) is 0.667. The van der Waals surface area contributed by atoms with Gasteiger partial charge in [-0.3, -0.25) is 9.48 Å². The van der Waals surface area contributed by atoms with E-state index >= 15 is 0 Å². The number of hydrogen-bond acceptors (Lipinski definition) is 4. The lowest BCUT2D eigenvalue weighted by atomic mass is 10.1. The summed E-state index contributed by atoms with van der Waals surface area (Å²) in [7, 11) is 1.38. The molecule has 0 spiro atoms. The Morgan fingerprint density at radius 1 is 1.32 bits per heavy atom. The van der Waals surface area contributed by atoms with Crippen molar-refractivity contribution in [2.45, 2.75) is 45.2 Å². The van der Waals surface area contributed by atoms with Crippen molar-refractivity contribution < 1.29 is 14.3 Å². The Morgan fingerprint density at radius 2 is 1.95 bits per heavy atom. The molecule has 0 aromatic carbocycles. The van der Waals surface area contributed by atoms with Crippen molar-refractivity contribution in [1.29, 1.82) is 0 Å². The SMILES string of the molecule is COC(=O)N1CCC(NC(=O)c2cnn(C(C)(C)C)c2)CC1. The summed E-state index contributed by atoms with van der Waals surface area (Å²) in [6.45, 7) is 7.29. The van der Waals surface area contributed by atoms with Crippen LogP contribution in [0.15, 0.2) is 12.4 Å². The van der Waals surface area contributed by atoms with Crippen LogP contribution in [-0.4, -0.2) is 52.9 Å². The predicted octanol–water partition coefficient (Wildman–Crippen LogP) is 1.60. The first-order valence-electron chi connectivity index (χ1n) is 7.50. The van der Waals surface area contributed by atoms with Crippen LogP contribution in [0.25, 0.3) is 0 Å². The molecule has 1 aromatic rings. The van der Waals surface area contributed by atoms with Crippen LogP contribution >= 0.6 is 0 Å². The van der Waals surface area contributed by atoms with Crippen molar-refractivity contribution in [2.75, 3.05) is 20.2 Å². The monoisotopic (exact) mass is 308 g/mol. The van der Waals surface area contributed by atoms with Crippen molar-refractivity contribution >= 4 is 12.0 Å². The highest BCUT2D eigenvalue weighted by atomic mass is 16.5. The van der Waals surface area contributed by atoms with E-state index in [-0.39, 0.29) is 23.6 Å². The first kappa shape index (κ1) is 16.3. The number of rotatable bonds is 2. The summed E-state index contributed by atoms with van der Waals surface area (Å²) < 4.78 is 6.48. The van der Waals surface area contributed by atoms with Gasteiger partial charge in [0.1, 0.15) is 0 Å². The Bertz CT molecular complexity index is 539. The molecule has 7 heteroatoms. The smallest absolute Gasteiger partial charge is 0.409 e. The van der Waals surface area contributed by atoms with Gasteiger partial charge in [-0.05, 0) is 33.6 Å². The van der Waals surface area contributed by atoms with Crippen molar-refractivity contribution in [2.24, 2.45) is 0 Å². The predicted molar refractivity (Wildman–Crippen MR) is 81.7 cm³/mol. The number of piperidine rings is 1. The highest BCUT2D eigenvalue weighted by Gasteiger charge is 2.25. The van der Waals surface area contributed by atoms with Crippen LogP contribution in [0.3, 0.4) is 0 Å². The van der Waals surface area contributed by atoms with Crippen molar-refractivity contribution in [3.63, 3.8) is 0 Å². The molecule has 0 atom stereocenters. The fourth-order valence-electron chi connectivity index (χ4n) is 2.41. The summed E-state index contributed by atoms with van der Waals surface area (Å²) in [5.41, 5.74) is 0.412. The molecule has 22 heavy (non-hydrogen) atoms. The van der Waals surface area contributed by atoms with Gasteiger partial charge in [-0.2, -0.15) is 5.10 Å². The molecule has 0 aliphatic carbocycles. The normalized spacial score (nSPS) is 16.5. The zero-order valence-corrected chi connectivity index (χ0v) is 13.6. The van der Waals surface area contributed by atoms with E-state index in [0.717, 1.165) is 12.8 Å². The second-order valence-corrected chi connectivity index (χ2v) is 6.55. The Labute approximate surface area is 130 Å². The maximum Gasteiger partial charge on any atom is 0.409 e. The lowest BCUT2D eigenvalue weighted by Gasteiger charge is -2.31. The van der Waals surface area contributed by atoms with Gasteiger partial charge in [-0.25, -0.2) is 4.79 Å². The molecule has 1 aliphatic heterocycles. The maximum atomic E-state index is 12.3. The molecule has 1 N–H and O–H groups in total.